The Balaban J connectivity index is 2.42. The molecular formula is C16H20NO5P. The molecule has 1 aliphatic rings. The molecule has 0 spiro atoms. The van der Waals surface area contributed by atoms with Gasteiger partial charge in [0.15, 0.2) is 0 Å². The van der Waals surface area contributed by atoms with Gasteiger partial charge in [0.2, 0.25) is 0 Å². The minimum Gasteiger partial charge on any atom is -0.467 e. The molecule has 1 aliphatic heterocycles. The predicted molar refractivity (Wildman–Crippen MR) is 86.3 cm³/mol. The molecule has 1 aromatic rings. The van der Waals surface area contributed by atoms with Gasteiger partial charge in [-0.3, -0.25) is 14.5 Å². The second kappa shape index (κ2) is 6.67. The molecule has 0 saturated heterocycles. The Morgan fingerprint density at radius 3 is 2.00 bits per heavy atom. The molecule has 7 heteroatoms. The molecule has 1 atom stereocenters. The largest absolute Gasteiger partial charge is 0.467 e. The Kier molecular flexibility index (Phi) is 5.05. The van der Waals surface area contributed by atoms with E-state index in [-0.39, 0.29) is 17.3 Å². The SMILES string of the molecule is CCP(=O)(CC)CC(C(=O)OC)N1C(=O)c2ccccc2C1=O. The van der Waals surface area contributed by atoms with E-state index in [0.29, 0.717) is 12.3 Å². The lowest BCUT2D eigenvalue weighted by atomic mass is 10.1. The van der Waals surface area contributed by atoms with Crippen LogP contribution in [0.4, 0.5) is 0 Å². The number of rotatable bonds is 6. The maximum Gasteiger partial charge on any atom is 0.329 e. The van der Waals surface area contributed by atoms with Crippen LogP contribution in [-0.2, 0) is 14.1 Å². The lowest BCUT2D eigenvalue weighted by molar-refractivity contribution is -0.144. The fraction of sp³-hybridized carbons (Fsp3) is 0.438. The summed E-state index contributed by atoms with van der Waals surface area (Å²) in [6.45, 7) is 3.56. The number of carbonyl (C=O) groups is 3. The highest BCUT2D eigenvalue weighted by atomic mass is 31.2. The highest BCUT2D eigenvalue weighted by Gasteiger charge is 2.45. The lowest BCUT2D eigenvalue weighted by Crippen LogP contribution is -2.47. The van der Waals surface area contributed by atoms with Crippen molar-refractivity contribution in [2.75, 3.05) is 25.6 Å². The number of imide groups is 1. The van der Waals surface area contributed by atoms with Crippen LogP contribution >= 0.6 is 7.14 Å². The number of methoxy groups -OCH3 is 1. The summed E-state index contributed by atoms with van der Waals surface area (Å²) in [5.41, 5.74) is 0.517. The molecule has 0 aromatic heterocycles. The van der Waals surface area contributed by atoms with Gasteiger partial charge in [-0.1, -0.05) is 26.0 Å². The molecule has 0 fully saturated rings. The van der Waals surface area contributed by atoms with Crippen molar-refractivity contribution >= 4 is 24.9 Å². The number of fused-ring (bicyclic) bond motifs is 1. The first-order chi connectivity index (χ1) is 10.9. The summed E-state index contributed by atoms with van der Waals surface area (Å²) in [6, 6.07) is 5.25. The Morgan fingerprint density at radius 1 is 1.13 bits per heavy atom. The van der Waals surface area contributed by atoms with Crippen LogP contribution in [0.15, 0.2) is 24.3 Å². The van der Waals surface area contributed by atoms with E-state index in [2.05, 4.69) is 0 Å². The number of carbonyl (C=O) groups excluding carboxylic acids is 3. The van der Waals surface area contributed by atoms with Gasteiger partial charge in [0.25, 0.3) is 11.8 Å². The summed E-state index contributed by atoms with van der Waals surface area (Å²) in [5, 5.41) is 0. The monoisotopic (exact) mass is 337 g/mol. The lowest BCUT2D eigenvalue weighted by Gasteiger charge is -2.27. The molecule has 1 aromatic carbocycles. The van der Waals surface area contributed by atoms with E-state index in [1.807, 2.05) is 0 Å². The molecule has 0 radical (unpaired) electrons. The second-order valence-corrected chi connectivity index (χ2v) is 9.18. The van der Waals surface area contributed by atoms with E-state index in [1.165, 1.54) is 7.11 Å². The van der Waals surface area contributed by atoms with E-state index in [1.54, 1.807) is 38.1 Å². The average Bonchev–Trinajstić information content (AvgIpc) is 2.83. The fourth-order valence-electron chi connectivity index (χ4n) is 2.69. The number of hydrogen-bond acceptors (Lipinski definition) is 5. The molecule has 23 heavy (non-hydrogen) atoms. The summed E-state index contributed by atoms with van der Waals surface area (Å²) >= 11 is 0. The first-order valence-corrected chi connectivity index (χ1v) is 9.76. The minimum atomic E-state index is -2.65. The van der Waals surface area contributed by atoms with Crippen molar-refractivity contribution in [1.82, 2.24) is 4.90 Å². The maximum absolute atomic E-state index is 12.8. The molecule has 124 valence electrons. The van der Waals surface area contributed by atoms with E-state index in [4.69, 9.17) is 4.74 Å². The quantitative estimate of drug-likeness (QED) is 0.452. The van der Waals surface area contributed by atoms with Gasteiger partial charge in [-0.15, -0.1) is 0 Å². The van der Waals surface area contributed by atoms with Gasteiger partial charge in [-0.2, -0.15) is 0 Å². The number of amides is 2. The van der Waals surface area contributed by atoms with Crippen LogP contribution < -0.4 is 0 Å². The molecule has 0 N–H and O–H groups in total. The van der Waals surface area contributed by atoms with Crippen LogP contribution in [0.5, 0.6) is 0 Å². The molecule has 2 amide bonds. The zero-order chi connectivity index (χ0) is 17.2. The van der Waals surface area contributed by atoms with Gasteiger partial charge in [0.05, 0.1) is 25.4 Å². The van der Waals surface area contributed by atoms with E-state index < -0.39 is 31.0 Å². The first-order valence-electron chi connectivity index (χ1n) is 7.50. The van der Waals surface area contributed by atoms with Crippen molar-refractivity contribution in [3.05, 3.63) is 35.4 Å². The maximum atomic E-state index is 12.8. The molecule has 0 saturated carbocycles. The van der Waals surface area contributed by atoms with Crippen molar-refractivity contribution in [3.63, 3.8) is 0 Å². The third kappa shape index (κ3) is 3.08. The molecule has 0 aliphatic carbocycles. The van der Waals surface area contributed by atoms with Crippen molar-refractivity contribution in [1.29, 1.82) is 0 Å². The fourth-order valence-corrected chi connectivity index (χ4v) is 4.59. The summed E-state index contributed by atoms with van der Waals surface area (Å²) in [5.74, 6) is -1.80. The number of nitrogens with zero attached hydrogens (tertiary/aromatic N) is 1. The van der Waals surface area contributed by atoms with Gasteiger partial charge in [-0.25, -0.2) is 4.79 Å². The standard InChI is InChI=1S/C16H20NO5P/c1-4-23(21,5-2)10-13(16(20)22-3)17-14(18)11-8-6-7-9-12(11)15(17)19/h6-9,13H,4-5,10H2,1-3H3. The highest BCUT2D eigenvalue weighted by Crippen LogP contribution is 2.46. The summed E-state index contributed by atoms with van der Waals surface area (Å²) < 4.78 is 17.5. The topological polar surface area (TPSA) is 80.8 Å². The zero-order valence-electron chi connectivity index (χ0n) is 13.4. The molecular weight excluding hydrogens is 317 g/mol. The van der Waals surface area contributed by atoms with Crippen LogP contribution in [0.1, 0.15) is 34.6 Å². The number of esters is 1. The zero-order valence-corrected chi connectivity index (χ0v) is 14.3. The summed E-state index contributed by atoms with van der Waals surface area (Å²) in [7, 11) is -1.46. The van der Waals surface area contributed by atoms with Crippen LogP contribution in [0.2, 0.25) is 0 Å². The predicted octanol–water partition coefficient (Wildman–Crippen LogP) is 2.23. The van der Waals surface area contributed by atoms with Crippen molar-refractivity contribution in [3.8, 4) is 0 Å². The van der Waals surface area contributed by atoms with Crippen molar-refractivity contribution < 1.29 is 23.7 Å². The summed E-state index contributed by atoms with van der Waals surface area (Å²) in [6.07, 6.45) is 0.762. The molecule has 0 bridgehead atoms. The van der Waals surface area contributed by atoms with Gasteiger partial charge in [0.1, 0.15) is 6.04 Å². The Hall–Kier alpha value is -1.94. The minimum absolute atomic E-state index is 0.0435. The highest BCUT2D eigenvalue weighted by molar-refractivity contribution is 7.63. The van der Waals surface area contributed by atoms with E-state index in [9.17, 15) is 18.9 Å². The molecule has 2 rings (SSSR count). The smallest absolute Gasteiger partial charge is 0.329 e. The number of hydrogen-bond donors (Lipinski definition) is 0. The van der Waals surface area contributed by atoms with E-state index in [0.717, 1.165) is 4.90 Å². The Bertz CT molecular complexity index is 656. The first kappa shape index (κ1) is 17.4. The van der Waals surface area contributed by atoms with Crippen LogP contribution in [0, 0.1) is 0 Å². The van der Waals surface area contributed by atoms with E-state index >= 15 is 0 Å². The third-order valence-corrected chi connectivity index (χ3v) is 7.59. The molecule has 1 unspecified atom stereocenters. The third-order valence-electron chi connectivity index (χ3n) is 4.27. The second-order valence-electron chi connectivity index (χ2n) is 5.44. The average molecular weight is 337 g/mol. The molecule has 1 heterocycles. The Morgan fingerprint density at radius 2 is 1.61 bits per heavy atom. The normalized spacial score (nSPS) is 15.5. The number of benzene rings is 1. The van der Waals surface area contributed by atoms with Crippen LogP contribution in [0.25, 0.3) is 0 Å². The van der Waals surface area contributed by atoms with Gasteiger partial charge >= 0.3 is 5.97 Å². The Labute approximate surface area is 135 Å². The van der Waals surface area contributed by atoms with Gasteiger partial charge in [0, 0.05) is 6.16 Å². The summed E-state index contributed by atoms with van der Waals surface area (Å²) in [4.78, 5) is 38.1. The number of ether oxygens (including phenoxy) is 1. The van der Waals surface area contributed by atoms with Crippen LogP contribution in [0.3, 0.4) is 0 Å². The van der Waals surface area contributed by atoms with Crippen molar-refractivity contribution in [2.24, 2.45) is 0 Å². The van der Waals surface area contributed by atoms with Crippen molar-refractivity contribution in [2.45, 2.75) is 19.9 Å². The molecule has 6 nitrogen and oxygen atoms in total. The van der Waals surface area contributed by atoms with Crippen LogP contribution in [-0.4, -0.2) is 54.3 Å². The van der Waals surface area contributed by atoms with Gasteiger partial charge in [-0.05, 0) is 24.5 Å². The van der Waals surface area contributed by atoms with Gasteiger partial charge < -0.3 is 9.30 Å².